The van der Waals surface area contributed by atoms with E-state index < -0.39 is 17.6 Å². The highest BCUT2D eigenvalue weighted by atomic mass is 32.1. The monoisotopic (exact) mass is 314 g/mol. The van der Waals surface area contributed by atoms with Gasteiger partial charge in [0.1, 0.15) is 16.3 Å². The van der Waals surface area contributed by atoms with Crippen LogP contribution in [0.15, 0.2) is 18.2 Å². The molecule has 2 nitrogen and oxygen atoms in total. The summed E-state index contributed by atoms with van der Waals surface area (Å²) in [4.78, 5) is 6.97. The van der Waals surface area contributed by atoms with Gasteiger partial charge in [0.25, 0.3) is 0 Å². The molecule has 110 valence electrons. The summed E-state index contributed by atoms with van der Waals surface area (Å²) in [6, 6.07) is 2.53. The first-order valence-electron chi connectivity index (χ1n) is 6.35. The van der Waals surface area contributed by atoms with Crippen molar-refractivity contribution in [2.45, 2.75) is 25.4 Å². The van der Waals surface area contributed by atoms with Crippen molar-refractivity contribution in [1.29, 1.82) is 0 Å². The summed E-state index contributed by atoms with van der Waals surface area (Å²) < 4.78 is 52.6. The summed E-state index contributed by atoms with van der Waals surface area (Å²) in [5.74, 6) is -0.904. The molecule has 1 aliphatic rings. The fraction of sp³-hybridized carbons (Fsp3) is 0.286. The zero-order chi connectivity index (χ0) is 15.2. The third-order valence-corrected chi connectivity index (χ3v) is 3.84. The molecule has 7 heteroatoms. The van der Waals surface area contributed by atoms with Gasteiger partial charge in [-0.1, -0.05) is 12.2 Å². The fourth-order valence-electron chi connectivity index (χ4n) is 2.54. The normalized spacial score (nSPS) is 14.3. The third kappa shape index (κ3) is 2.57. The highest BCUT2D eigenvalue weighted by Crippen LogP contribution is 2.37. The molecular weight excluding hydrogens is 304 g/mol. The predicted octanol–water partition coefficient (Wildman–Crippen LogP) is 4.45. The van der Waals surface area contributed by atoms with E-state index >= 15 is 0 Å². The minimum atomic E-state index is -4.66. The molecule has 1 aromatic carbocycles. The van der Waals surface area contributed by atoms with Crippen molar-refractivity contribution in [2.24, 2.45) is 0 Å². The molecule has 0 saturated carbocycles. The van der Waals surface area contributed by atoms with Gasteiger partial charge in [-0.05, 0) is 37.5 Å². The van der Waals surface area contributed by atoms with Crippen molar-refractivity contribution in [3.05, 3.63) is 45.5 Å². The van der Waals surface area contributed by atoms with Crippen LogP contribution in [0.2, 0.25) is 0 Å². The first kappa shape index (κ1) is 14.2. The number of nitrogens with zero attached hydrogens (tertiary/aromatic N) is 1. The van der Waals surface area contributed by atoms with Crippen molar-refractivity contribution in [3.8, 4) is 11.4 Å². The van der Waals surface area contributed by atoms with E-state index in [4.69, 9.17) is 12.2 Å². The van der Waals surface area contributed by atoms with Gasteiger partial charge in [-0.25, -0.2) is 9.37 Å². The van der Waals surface area contributed by atoms with Gasteiger partial charge in [-0.15, -0.1) is 0 Å². The van der Waals surface area contributed by atoms with Gasteiger partial charge in [0.2, 0.25) is 0 Å². The van der Waals surface area contributed by atoms with Crippen molar-refractivity contribution in [2.75, 3.05) is 0 Å². The number of aromatic amines is 1. The number of benzene rings is 1. The highest BCUT2D eigenvalue weighted by Gasteiger charge is 2.35. The molecule has 0 unspecified atom stereocenters. The average Bonchev–Trinajstić information content (AvgIpc) is 2.86. The Balaban J connectivity index is 2.22. The SMILES string of the molecule is Fc1ccc(-c2nc(=S)c3c([nH]2)CCC3)c(C(F)(F)F)c1. The van der Waals surface area contributed by atoms with Crippen LogP contribution in [0.1, 0.15) is 23.2 Å². The lowest BCUT2D eigenvalue weighted by molar-refractivity contribution is -0.137. The van der Waals surface area contributed by atoms with Crippen molar-refractivity contribution in [1.82, 2.24) is 9.97 Å². The average molecular weight is 314 g/mol. The number of halogens is 4. The molecule has 0 bridgehead atoms. The Hall–Kier alpha value is -1.76. The molecular formula is C14H10F4N2S. The van der Waals surface area contributed by atoms with E-state index in [0.717, 1.165) is 42.7 Å². The molecule has 1 N–H and O–H groups in total. The van der Waals surface area contributed by atoms with Gasteiger partial charge in [0.05, 0.1) is 5.56 Å². The zero-order valence-electron chi connectivity index (χ0n) is 10.7. The van der Waals surface area contributed by atoms with Gasteiger partial charge >= 0.3 is 6.18 Å². The number of alkyl halides is 3. The molecule has 0 aliphatic heterocycles. The van der Waals surface area contributed by atoms with E-state index in [1.54, 1.807) is 0 Å². The molecule has 1 heterocycles. The lowest BCUT2D eigenvalue weighted by Crippen LogP contribution is -2.09. The van der Waals surface area contributed by atoms with Crippen molar-refractivity contribution >= 4 is 12.2 Å². The molecule has 21 heavy (non-hydrogen) atoms. The third-order valence-electron chi connectivity index (χ3n) is 3.50. The van der Waals surface area contributed by atoms with E-state index in [-0.39, 0.29) is 11.4 Å². The maximum atomic E-state index is 13.1. The second-order valence-electron chi connectivity index (χ2n) is 4.89. The molecule has 2 aromatic rings. The van der Waals surface area contributed by atoms with E-state index in [1.165, 1.54) is 0 Å². The fourth-order valence-corrected chi connectivity index (χ4v) is 2.86. The minimum absolute atomic E-state index is 0.0352. The van der Waals surface area contributed by atoms with E-state index in [0.29, 0.717) is 10.7 Å². The van der Waals surface area contributed by atoms with Crippen LogP contribution in [0, 0.1) is 10.5 Å². The van der Waals surface area contributed by atoms with Gasteiger partial charge in [0, 0.05) is 16.8 Å². The number of H-pyrrole nitrogens is 1. The zero-order valence-corrected chi connectivity index (χ0v) is 11.5. The van der Waals surface area contributed by atoms with Crippen LogP contribution in [0.3, 0.4) is 0 Å². The minimum Gasteiger partial charge on any atom is -0.343 e. The van der Waals surface area contributed by atoms with E-state index in [1.807, 2.05) is 0 Å². The standard InChI is InChI=1S/C14H10F4N2S/c15-7-4-5-8(10(6-7)14(16,17)18)12-19-11-3-1-2-9(11)13(21)20-12/h4-6H,1-3H2,(H,19,20,21). The Kier molecular flexibility index (Phi) is 3.32. The van der Waals surface area contributed by atoms with Crippen LogP contribution < -0.4 is 0 Å². The maximum absolute atomic E-state index is 13.1. The number of aryl methyl sites for hydroxylation is 1. The van der Waals surface area contributed by atoms with Gasteiger partial charge < -0.3 is 4.98 Å². The van der Waals surface area contributed by atoms with Crippen LogP contribution in [0.4, 0.5) is 17.6 Å². The van der Waals surface area contributed by atoms with Crippen molar-refractivity contribution < 1.29 is 17.6 Å². The van der Waals surface area contributed by atoms with Crippen LogP contribution in [-0.2, 0) is 19.0 Å². The number of hydrogen-bond donors (Lipinski definition) is 1. The number of fused-ring (bicyclic) bond motifs is 1. The first-order valence-corrected chi connectivity index (χ1v) is 6.76. The number of rotatable bonds is 1. The molecule has 0 amide bonds. The van der Waals surface area contributed by atoms with Gasteiger partial charge in [-0.3, -0.25) is 0 Å². The summed E-state index contributed by atoms with van der Waals surface area (Å²) in [6.45, 7) is 0. The largest absolute Gasteiger partial charge is 0.417 e. The van der Waals surface area contributed by atoms with Crippen LogP contribution in [0.25, 0.3) is 11.4 Å². The number of aromatic nitrogens is 2. The lowest BCUT2D eigenvalue weighted by Gasteiger charge is -2.13. The Bertz CT molecular complexity index is 765. The van der Waals surface area contributed by atoms with Crippen LogP contribution in [-0.4, -0.2) is 9.97 Å². The second kappa shape index (κ2) is 4.91. The quantitative estimate of drug-likeness (QED) is 0.622. The Morgan fingerprint density at radius 2 is 1.95 bits per heavy atom. The predicted molar refractivity (Wildman–Crippen MR) is 71.8 cm³/mol. The Labute approximate surface area is 122 Å². The highest BCUT2D eigenvalue weighted by molar-refractivity contribution is 7.71. The molecule has 0 saturated heterocycles. The summed E-state index contributed by atoms with van der Waals surface area (Å²) in [7, 11) is 0. The molecule has 3 rings (SSSR count). The molecule has 1 aromatic heterocycles. The Morgan fingerprint density at radius 3 is 2.67 bits per heavy atom. The number of hydrogen-bond acceptors (Lipinski definition) is 2. The summed E-state index contributed by atoms with van der Waals surface area (Å²) in [5.41, 5.74) is 0.468. The maximum Gasteiger partial charge on any atom is 0.417 e. The molecule has 0 atom stereocenters. The van der Waals surface area contributed by atoms with Crippen LogP contribution >= 0.6 is 12.2 Å². The Morgan fingerprint density at radius 1 is 1.19 bits per heavy atom. The van der Waals surface area contributed by atoms with Gasteiger partial charge in [-0.2, -0.15) is 13.2 Å². The summed E-state index contributed by atoms with van der Waals surface area (Å²) in [6.07, 6.45) is -2.24. The van der Waals surface area contributed by atoms with Gasteiger partial charge in [0.15, 0.2) is 0 Å². The topological polar surface area (TPSA) is 28.7 Å². The lowest BCUT2D eigenvalue weighted by atomic mass is 10.1. The molecule has 0 fully saturated rings. The first-order chi connectivity index (χ1) is 9.86. The molecule has 0 spiro atoms. The molecule has 0 radical (unpaired) electrons. The molecule has 1 aliphatic carbocycles. The van der Waals surface area contributed by atoms with E-state index in [2.05, 4.69) is 9.97 Å². The summed E-state index contributed by atoms with van der Waals surface area (Å²) >= 11 is 5.14. The number of nitrogens with one attached hydrogen (secondary N) is 1. The van der Waals surface area contributed by atoms with Crippen LogP contribution in [0.5, 0.6) is 0 Å². The summed E-state index contributed by atoms with van der Waals surface area (Å²) in [5, 5.41) is 0. The van der Waals surface area contributed by atoms with Crippen molar-refractivity contribution in [3.63, 3.8) is 0 Å². The smallest absolute Gasteiger partial charge is 0.343 e. The van der Waals surface area contributed by atoms with E-state index in [9.17, 15) is 17.6 Å². The second-order valence-corrected chi connectivity index (χ2v) is 5.28.